The number of aromatic nitrogens is 5. The van der Waals surface area contributed by atoms with Crippen molar-refractivity contribution in [3.8, 4) is 0 Å². The van der Waals surface area contributed by atoms with Crippen LogP contribution in [0.25, 0.3) is 0 Å². The SMILES string of the molecule is CC(C)(C)OC(=O)CON=C(C(=O)NC1C(=O)N2C(C(=O)O)=C(CSc3nnnn3CCCNC(=O)OC(C)(C)C)CS[C@@H]12)c1csc(NC=O)n1. The normalized spacial score (nSPS) is 17.5. The number of esters is 1. The maximum atomic E-state index is 13.4. The number of alkyl carbamates (subject to hydrolysis) is 1. The molecule has 0 spiro atoms. The van der Waals surface area contributed by atoms with Gasteiger partial charge in [-0.15, -0.1) is 28.2 Å². The van der Waals surface area contributed by atoms with Crippen molar-refractivity contribution in [2.45, 2.75) is 82.3 Å². The highest BCUT2D eigenvalue weighted by Gasteiger charge is 2.54. The molecule has 2 aliphatic rings. The minimum absolute atomic E-state index is 0.0111. The van der Waals surface area contributed by atoms with Gasteiger partial charge in [0.25, 0.3) is 11.8 Å². The van der Waals surface area contributed by atoms with Crippen LogP contribution in [0.15, 0.2) is 27.0 Å². The van der Waals surface area contributed by atoms with Gasteiger partial charge in [0.05, 0.1) is 0 Å². The van der Waals surface area contributed by atoms with Crippen LogP contribution in [-0.4, -0.2) is 124 Å². The maximum Gasteiger partial charge on any atom is 0.407 e. The lowest BCUT2D eigenvalue weighted by Gasteiger charge is -2.49. The Balaban J connectivity index is 1.40. The monoisotopic (exact) mass is 782 g/mol. The summed E-state index contributed by atoms with van der Waals surface area (Å²) < 4.78 is 11.9. The van der Waals surface area contributed by atoms with E-state index < -0.39 is 64.8 Å². The van der Waals surface area contributed by atoms with E-state index in [9.17, 15) is 33.9 Å². The van der Waals surface area contributed by atoms with Gasteiger partial charge >= 0.3 is 18.0 Å². The van der Waals surface area contributed by atoms with Gasteiger partial charge in [-0.1, -0.05) is 16.9 Å². The number of rotatable bonds is 16. The number of hydrogen-bond acceptors (Lipinski definition) is 17. The molecule has 282 valence electrons. The molecule has 0 aliphatic carbocycles. The van der Waals surface area contributed by atoms with Gasteiger partial charge in [0.1, 0.15) is 34.0 Å². The number of carboxylic acids is 1. The van der Waals surface area contributed by atoms with Crippen LogP contribution in [0, 0.1) is 0 Å². The largest absolute Gasteiger partial charge is 0.477 e. The molecule has 4 rings (SSSR count). The highest BCUT2D eigenvalue weighted by atomic mass is 32.2. The number of nitrogens with one attached hydrogen (secondary N) is 3. The second-order valence-electron chi connectivity index (χ2n) is 13.0. The summed E-state index contributed by atoms with van der Waals surface area (Å²) in [7, 11) is 0. The van der Waals surface area contributed by atoms with Gasteiger partial charge in [-0.3, -0.25) is 19.3 Å². The number of thioether (sulfide) groups is 2. The van der Waals surface area contributed by atoms with E-state index in [2.05, 4.69) is 41.6 Å². The molecule has 52 heavy (non-hydrogen) atoms. The van der Waals surface area contributed by atoms with Gasteiger partial charge in [0.2, 0.25) is 18.2 Å². The van der Waals surface area contributed by atoms with Gasteiger partial charge in [-0.05, 0) is 64.0 Å². The highest BCUT2D eigenvalue weighted by Crippen LogP contribution is 2.41. The van der Waals surface area contributed by atoms with Crippen molar-refractivity contribution in [2.75, 3.05) is 30.0 Å². The Kier molecular flexibility index (Phi) is 13.2. The molecule has 0 aromatic carbocycles. The number of aryl methyl sites for hydroxylation is 1. The van der Waals surface area contributed by atoms with Crippen molar-refractivity contribution in [1.29, 1.82) is 0 Å². The first kappa shape index (κ1) is 40.0. The smallest absolute Gasteiger partial charge is 0.407 e. The molecule has 2 atom stereocenters. The van der Waals surface area contributed by atoms with E-state index in [1.54, 1.807) is 41.5 Å². The fourth-order valence-electron chi connectivity index (χ4n) is 4.55. The Morgan fingerprint density at radius 1 is 1.15 bits per heavy atom. The predicted molar refractivity (Wildman–Crippen MR) is 187 cm³/mol. The first-order valence-electron chi connectivity index (χ1n) is 15.6. The van der Waals surface area contributed by atoms with Crippen molar-refractivity contribution in [3.05, 3.63) is 22.3 Å². The van der Waals surface area contributed by atoms with E-state index in [1.807, 2.05) is 0 Å². The molecule has 0 bridgehead atoms. The third kappa shape index (κ3) is 10.9. The lowest BCUT2D eigenvalue weighted by Crippen LogP contribution is -2.71. The summed E-state index contributed by atoms with van der Waals surface area (Å²) in [4.78, 5) is 84.4. The van der Waals surface area contributed by atoms with Gasteiger partial charge in [-0.2, -0.15) is 0 Å². The van der Waals surface area contributed by atoms with Crippen LogP contribution in [0.5, 0.6) is 0 Å². The standard InChI is InChI=1S/C29H38N10O10S3/c1-28(2,3)48-17(41)10-47-35-18(16-13-51-25(32-16)31-14-40)21(42)33-19-22(43)39-20(24(44)45)15(11-50-23(19)39)12-52-26-34-36-37-38(26)9-7-8-30-27(46)49-29(4,5)6/h13-14,19,23H,7-12H2,1-6H3,(H,30,46)(H,33,42)(H,44,45)(H,31,32,40)/t19?,23-/m0/s1. The quantitative estimate of drug-likeness (QED) is 0.0355. The Bertz CT molecular complexity index is 1750. The third-order valence-corrected chi connectivity index (χ3v) is 9.68. The number of fused-ring (bicyclic) bond motifs is 1. The number of aliphatic carboxylic acids is 1. The first-order valence-corrected chi connectivity index (χ1v) is 18.5. The molecule has 4 N–H and O–H groups in total. The average Bonchev–Trinajstić information content (AvgIpc) is 3.70. The molecule has 2 aromatic rings. The van der Waals surface area contributed by atoms with Gasteiger partial charge < -0.3 is 35.4 Å². The van der Waals surface area contributed by atoms with Crippen molar-refractivity contribution < 1.29 is 48.2 Å². The molecular formula is C29H38N10O10S3. The summed E-state index contributed by atoms with van der Waals surface area (Å²) in [6.07, 6.45) is 0.356. The van der Waals surface area contributed by atoms with Crippen LogP contribution in [0.1, 0.15) is 53.7 Å². The topological polar surface area (TPSA) is 259 Å². The minimum atomic E-state index is -1.32. The zero-order chi connectivity index (χ0) is 38.2. The number of ether oxygens (including phenoxy) is 2. The summed E-state index contributed by atoms with van der Waals surface area (Å²) in [5.41, 5.74) is -1.56. The van der Waals surface area contributed by atoms with Crippen molar-refractivity contribution in [3.63, 3.8) is 0 Å². The molecule has 0 radical (unpaired) electrons. The van der Waals surface area contributed by atoms with Crippen LogP contribution in [-0.2, 0) is 44.8 Å². The molecule has 4 amide bonds. The molecule has 1 unspecified atom stereocenters. The van der Waals surface area contributed by atoms with E-state index in [4.69, 9.17) is 14.3 Å². The van der Waals surface area contributed by atoms with Crippen LogP contribution in [0.4, 0.5) is 9.93 Å². The lowest BCUT2D eigenvalue weighted by atomic mass is 10.0. The minimum Gasteiger partial charge on any atom is -0.477 e. The number of nitrogens with zero attached hydrogens (tertiary/aromatic N) is 7. The molecule has 0 saturated carbocycles. The van der Waals surface area contributed by atoms with Gasteiger partial charge in [0, 0.05) is 30.0 Å². The summed E-state index contributed by atoms with van der Waals surface area (Å²) >= 11 is 3.44. The second-order valence-corrected chi connectivity index (χ2v) is 15.9. The Hall–Kier alpha value is -4.77. The number of tetrazole rings is 1. The first-order chi connectivity index (χ1) is 24.5. The molecule has 20 nitrogen and oxygen atoms in total. The molecule has 1 saturated heterocycles. The molecule has 23 heteroatoms. The summed E-state index contributed by atoms with van der Waals surface area (Å²) in [6, 6.07) is -1.12. The number of hydrogen-bond donors (Lipinski definition) is 4. The number of carboxylic acid groups (broad SMARTS) is 1. The molecule has 4 heterocycles. The van der Waals surface area contributed by atoms with Gasteiger partial charge in [0.15, 0.2) is 10.8 Å². The van der Waals surface area contributed by atoms with Gasteiger partial charge in [-0.25, -0.2) is 24.0 Å². The zero-order valence-corrected chi connectivity index (χ0v) is 31.5. The number of carbonyl (C=O) groups excluding carboxylic acids is 5. The van der Waals surface area contributed by atoms with Crippen LogP contribution in [0.2, 0.25) is 0 Å². The fourth-order valence-corrected chi connectivity index (χ4v) is 7.60. The number of oxime groups is 1. The molecule has 2 aromatic heterocycles. The van der Waals surface area contributed by atoms with E-state index in [1.165, 1.54) is 33.6 Å². The molecule has 2 aliphatic heterocycles. The Labute approximate surface area is 309 Å². The summed E-state index contributed by atoms with van der Waals surface area (Å²) in [6.45, 7) is 10.3. The van der Waals surface area contributed by atoms with Crippen LogP contribution in [0.3, 0.4) is 0 Å². The number of anilines is 1. The fraction of sp³-hybridized carbons (Fsp3) is 0.552. The molecule has 1 fully saturated rings. The van der Waals surface area contributed by atoms with E-state index in [-0.39, 0.29) is 28.0 Å². The second kappa shape index (κ2) is 17.2. The van der Waals surface area contributed by atoms with E-state index in [0.29, 0.717) is 36.6 Å². The van der Waals surface area contributed by atoms with Crippen molar-refractivity contribution in [2.24, 2.45) is 5.16 Å². The van der Waals surface area contributed by atoms with Crippen molar-refractivity contribution in [1.82, 2.24) is 40.7 Å². The zero-order valence-electron chi connectivity index (χ0n) is 29.0. The van der Waals surface area contributed by atoms with Crippen LogP contribution < -0.4 is 16.0 Å². The number of amides is 4. The predicted octanol–water partition coefficient (Wildman–Crippen LogP) is 1.21. The highest BCUT2D eigenvalue weighted by molar-refractivity contribution is 8.01. The van der Waals surface area contributed by atoms with Crippen molar-refractivity contribution >= 4 is 82.0 Å². The number of thiazole rings is 1. The number of carbonyl (C=O) groups is 6. The lowest BCUT2D eigenvalue weighted by molar-refractivity contribution is -0.160. The van der Waals surface area contributed by atoms with E-state index >= 15 is 0 Å². The summed E-state index contributed by atoms with van der Waals surface area (Å²) in [5, 5.41) is 34.4. The Morgan fingerprint density at radius 3 is 2.56 bits per heavy atom. The Morgan fingerprint density at radius 2 is 1.88 bits per heavy atom. The summed E-state index contributed by atoms with van der Waals surface area (Å²) in [5.74, 6) is -3.23. The third-order valence-electron chi connectivity index (χ3n) is 6.53. The average molecular weight is 783 g/mol. The molecular weight excluding hydrogens is 745 g/mol. The maximum absolute atomic E-state index is 13.4. The van der Waals surface area contributed by atoms with E-state index in [0.717, 1.165) is 16.2 Å². The van der Waals surface area contributed by atoms with Crippen LogP contribution >= 0.6 is 34.9 Å². The number of β-lactam (4-membered cyclic amide) rings is 1.